The van der Waals surface area contributed by atoms with Crippen molar-refractivity contribution in [3.8, 4) is 5.75 Å². The number of nitrogens with one attached hydrogen (secondary N) is 1. The zero-order valence-corrected chi connectivity index (χ0v) is 20.1. The molecule has 3 aromatic heterocycles. The molecule has 3 aromatic rings. The molecular formula is C24H29FN8O3. The molecule has 1 aliphatic heterocycles. The molecule has 0 unspecified atom stereocenters. The van der Waals surface area contributed by atoms with Crippen molar-refractivity contribution in [3.05, 3.63) is 42.2 Å². The fourth-order valence-electron chi connectivity index (χ4n) is 4.80. The lowest BCUT2D eigenvalue weighted by Gasteiger charge is -2.36. The molecule has 0 radical (unpaired) electrons. The van der Waals surface area contributed by atoms with Crippen molar-refractivity contribution in [2.24, 2.45) is 5.92 Å². The minimum Gasteiger partial charge on any atom is -0.488 e. The number of amides is 2. The van der Waals surface area contributed by atoms with Gasteiger partial charge in [-0.2, -0.15) is 0 Å². The number of likely N-dealkylation sites (N-methyl/N-ethyl adjacent to an activating group) is 1. The Morgan fingerprint density at radius 2 is 1.89 bits per heavy atom. The Morgan fingerprint density at radius 3 is 2.64 bits per heavy atom. The van der Waals surface area contributed by atoms with Gasteiger partial charge in [0.1, 0.15) is 17.0 Å². The second-order valence-corrected chi connectivity index (χ2v) is 9.35. The van der Waals surface area contributed by atoms with E-state index in [0.717, 1.165) is 68.8 Å². The van der Waals surface area contributed by atoms with Crippen LogP contribution in [-0.4, -0.2) is 80.5 Å². The molecule has 0 bridgehead atoms. The summed E-state index contributed by atoms with van der Waals surface area (Å²) in [6.45, 7) is 3.39. The van der Waals surface area contributed by atoms with Crippen LogP contribution in [0.25, 0.3) is 5.65 Å². The minimum absolute atomic E-state index is 0.0285. The number of piperazine rings is 1. The van der Waals surface area contributed by atoms with Crippen LogP contribution in [0.5, 0.6) is 5.75 Å². The maximum absolute atomic E-state index is 13.5. The van der Waals surface area contributed by atoms with Crippen LogP contribution in [-0.2, 0) is 4.79 Å². The highest BCUT2D eigenvalue weighted by atomic mass is 19.1. The first-order valence-corrected chi connectivity index (χ1v) is 12.1. The molecule has 2 fully saturated rings. The number of halogens is 1. The predicted octanol–water partition coefficient (Wildman–Crippen LogP) is 1.81. The Balaban J connectivity index is 1.22. The van der Waals surface area contributed by atoms with Gasteiger partial charge in [0.25, 0.3) is 5.91 Å². The topological polar surface area (TPSA) is 131 Å². The SMILES string of the molecule is CN1CCN(C(=O)[C@H]2CC[C@@H](Oc3ccncc3NC(=O)c3c(N)nn4cc(F)cnc34)CC2)CC1. The normalized spacial score (nSPS) is 20.9. The van der Waals surface area contributed by atoms with Crippen molar-refractivity contribution < 1.29 is 18.7 Å². The highest BCUT2D eigenvalue weighted by Gasteiger charge is 2.32. The van der Waals surface area contributed by atoms with Gasteiger partial charge in [0.2, 0.25) is 5.91 Å². The molecule has 4 heterocycles. The smallest absolute Gasteiger partial charge is 0.263 e. The summed E-state index contributed by atoms with van der Waals surface area (Å²) in [7, 11) is 2.07. The van der Waals surface area contributed by atoms with E-state index in [1.165, 1.54) is 6.20 Å². The van der Waals surface area contributed by atoms with E-state index < -0.39 is 11.7 Å². The third-order valence-corrected chi connectivity index (χ3v) is 6.86. The molecule has 2 aliphatic rings. The van der Waals surface area contributed by atoms with Gasteiger partial charge in [0.05, 0.1) is 24.7 Å². The highest BCUT2D eigenvalue weighted by Crippen LogP contribution is 2.32. The van der Waals surface area contributed by atoms with Gasteiger partial charge in [-0.1, -0.05) is 0 Å². The number of rotatable bonds is 5. The van der Waals surface area contributed by atoms with Crippen molar-refractivity contribution in [3.63, 3.8) is 0 Å². The van der Waals surface area contributed by atoms with Gasteiger partial charge >= 0.3 is 0 Å². The monoisotopic (exact) mass is 496 g/mol. The summed E-state index contributed by atoms with van der Waals surface area (Å²) < 4.78 is 20.8. The first kappa shape index (κ1) is 23.9. The number of nitrogens with zero attached hydrogens (tertiary/aromatic N) is 6. The molecule has 190 valence electrons. The van der Waals surface area contributed by atoms with Crippen LogP contribution in [0, 0.1) is 11.7 Å². The van der Waals surface area contributed by atoms with E-state index in [9.17, 15) is 14.0 Å². The fraction of sp³-hybridized carbons (Fsp3) is 0.458. The number of fused-ring (bicyclic) bond motifs is 1. The summed E-state index contributed by atoms with van der Waals surface area (Å²) >= 11 is 0. The van der Waals surface area contributed by atoms with Crippen LogP contribution in [0.15, 0.2) is 30.9 Å². The summed E-state index contributed by atoms with van der Waals surface area (Å²) in [6, 6.07) is 1.68. The predicted molar refractivity (Wildman–Crippen MR) is 130 cm³/mol. The molecule has 5 rings (SSSR count). The second kappa shape index (κ2) is 10.1. The summed E-state index contributed by atoms with van der Waals surface area (Å²) in [5, 5.41) is 6.73. The molecular weight excluding hydrogens is 467 g/mol. The number of pyridine rings is 1. The Kier molecular flexibility index (Phi) is 6.68. The number of carbonyl (C=O) groups excluding carboxylic acids is 2. The molecule has 1 saturated carbocycles. The van der Waals surface area contributed by atoms with Crippen LogP contribution in [0.1, 0.15) is 36.0 Å². The minimum atomic E-state index is -0.597. The van der Waals surface area contributed by atoms with E-state index in [4.69, 9.17) is 10.5 Å². The number of ether oxygens (including phenoxy) is 1. The van der Waals surface area contributed by atoms with Crippen LogP contribution in [0.2, 0.25) is 0 Å². The Labute approximate surface area is 207 Å². The zero-order chi connectivity index (χ0) is 25.2. The third-order valence-electron chi connectivity index (χ3n) is 6.86. The van der Waals surface area contributed by atoms with Gasteiger partial charge in [0.15, 0.2) is 17.3 Å². The van der Waals surface area contributed by atoms with Crippen molar-refractivity contribution in [1.82, 2.24) is 29.4 Å². The average Bonchev–Trinajstić information content (AvgIpc) is 3.20. The van der Waals surface area contributed by atoms with Crippen LogP contribution in [0.3, 0.4) is 0 Å². The first-order valence-electron chi connectivity index (χ1n) is 12.1. The molecule has 12 heteroatoms. The van der Waals surface area contributed by atoms with Crippen molar-refractivity contribution >= 4 is 29.0 Å². The third kappa shape index (κ3) is 4.94. The molecule has 1 saturated heterocycles. The van der Waals surface area contributed by atoms with Crippen molar-refractivity contribution in [1.29, 1.82) is 0 Å². The largest absolute Gasteiger partial charge is 0.488 e. The van der Waals surface area contributed by atoms with E-state index in [2.05, 4.69) is 32.3 Å². The number of nitrogens with two attached hydrogens (primary N) is 1. The van der Waals surface area contributed by atoms with Gasteiger partial charge in [0, 0.05) is 44.4 Å². The Morgan fingerprint density at radius 1 is 1.14 bits per heavy atom. The van der Waals surface area contributed by atoms with Gasteiger partial charge in [-0.05, 0) is 32.7 Å². The van der Waals surface area contributed by atoms with E-state index in [1.54, 1.807) is 12.3 Å². The van der Waals surface area contributed by atoms with E-state index >= 15 is 0 Å². The number of carbonyl (C=O) groups is 2. The van der Waals surface area contributed by atoms with E-state index in [-0.39, 0.29) is 35.0 Å². The quantitative estimate of drug-likeness (QED) is 0.547. The number of hydrogen-bond donors (Lipinski definition) is 2. The standard InChI is InChI=1S/C24H29FN8O3/c1-31-8-10-32(11-9-31)24(35)15-2-4-17(5-3-15)36-19-6-7-27-13-18(19)29-23(34)20-21(26)30-33-14-16(25)12-28-22(20)33/h6-7,12-15,17H,2-5,8-11H2,1H3,(H2,26,30)(H,29,34)/t15-,17+. The summed E-state index contributed by atoms with van der Waals surface area (Å²) in [4.78, 5) is 38.2. The molecule has 0 aromatic carbocycles. The summed E-state index contributed by atoms with van der Waals surface area (Å²) in [5.41, 5.74) is 6.46. The van der Waals surface area contributed by atoms with Crippen LogP contribution < -0.4 is 15.8 Å². The lowest BCUT2D eigenvalue weighted by Crippen LogP contribution is -2.49. The summed E-state index contributed by atoms with van der Waals surface area (Å²) in [6.07, 6.45) is 8.12. The van der Waals surface area contributed by atoms with Crippen molar-refractivity contribution in [2.45, 2.75) is 31.8 Å². The lowest BCUT2D eigenvalue weighted by molar-refractivity contribution is -0.138. The van der Waals surface area contributed by atoms with Gasteiger partial charge in [-0.25, -0.2) is 13.9 Å². The molecule has 0 atom stereocenters. The summed E-state index contributed by atoms with van der Waals surface area (Å²) in [5.74, 6) is -0.471. The number of hydrogen-bond acceptors (Lipinski definition) is 8. The number of anilines is 2. The Hall–Kier alpha value is -3.80. The Bertz CT molecular complexity index is 1270. The molecule has 2 amide bonds. The van der Waals surface area contributed by atoms with E-state index in [0.29, 0.717) is 11.4 Å². The van der Waals surface area contributed by atoms with Crippen molar-refractivity contribution in [2.75, 3.05) is 44.3 Å². The number of aromatic nitrogens is 4. The molecule has 36 heavy (non-hydrogen) atoms. The zero-order valence-electron chi connectivity index (χ0n) is 20.1. The van der Waals surface area contributed by atoms with Crippen LogP contribution in [0.4, 0.5) is 15.9 Å². The maximum atomic E-state index is 13.5. The second-order valence-electron chi connectivity index (χ2n) is 9.35. The van der Waals surface area contributed by atoms with Gasteiger partial charge in [-0.3, -0.25) is 14.6 Å². The van der Waals surface area contributed by atoms with Gasteiger partial charge in [-0.15, -0.1) is 5.10 Å². The molecule has 11 nitrogen and oxygen atoms in total. The van der Waals surface area contributed by atoms with Crippen LogP contribution >= 0.6 is 0 Å². The first-order chi connectivity index (χ1) is 17.4. The maximum Gasteiger partial charge on any atom is 0.263 e. The lowest BCUT2D eigenvalue weighted by atomic mass is 9.86. The molecule has 0 spiro atoms. The molecule has 1 aliphatic carbocycles. The van der Waals surface area contributed by atoms with Gasteiger partial charge < -0.3 is 25.6 Å². The number of nitrogen functional groups attached to an aromatic ring is 1. The fourth-order valence-corrected chi connectivity index (χ4v) is 4.80. The molecule has 3 N–H and O–H groups in total. The van der Waals surface area contributed by atoms with E-state index in [1.807, 2.05) is 4.90 Å². The average molecular weight is 497 g/mol. The highest BCUT2D eigenvalue weighted by molar-refractivity contribution is 6.11.